The molecule has 2 saturated heterocycles. The van der Waals surface area contributed by atoms with Gasteiger partial charge in [-0.05, 0) is 56.7 Å². The van der Waals surface area contributed by atoms with Crippen LogP contribution in [0.15, 0.2) is 24.3 Å². The number of hydrogen-bond acceptors (Lipinski definition) is 6. The molecule has 34 heavy (non-hydrogen) atoms. The summed E-state index contributed by atoms with van der Waals surface area (Å²) in [5.41, 5.74) is 2.27. The SMILES string of the molecule is CNCC(O)N[C@H]1CCO[C@H]2CC3(CCCC3)C(C(=O)N[C@@H]3CCCc4ccccc43)N2C1=O. The first-order valence-corrected chi connectivity index (χ1v) is 12.9. The number of aliphatic hydroxyl groups excluding tert-OH is 1. The van der Waals surface area contributed by atoms with E-state index in [0.717, 1.165) is 44.9 Å². The van der Waals surface area contributed by atoms with Gasteiger partial charge >= 0.3 is 0 Å². The van der Waals surface area contributed by atoms with Crippen LogP contribution in [-0.4, -0.2) is 66.6 Å². The standard InChI is InChI=1S/C26H38N4O4/c1-27-16-21(31)28-20-11-14-34-22-15-26(12-4-5-13-26)23(30(22)25(20)33)24(32)29-19-10-6-8-17-7-2-3-9-18(17)19/h2-3,7,9,19-23,27-28,31H,4-6,8,10-16H2,1H3,(H,29,32)/t19-,20+,21?,22+,23?/m1/s1. The Labute approximate surface area is 201 Å². The number of nitrogens with one attached hydrogen (secondary N) is 3. The van der Waals surface area contributed by atoms with Gasteiger partial charge in [0.05, 0.1) is 18.7 Å². The van der Waals surface area contributed by atoms with E-state index in [1.165, 1.54) is 11.1 Å². The van der Waals surface area contributed by atoms with Crippen molar-refractivity contribution in [3.8, 4) is 0 Å². The lowest BCUT2D eigenvalue weighted by molar-refractivity contribution is -0.150. The largest absolute Gasteiger partial charge is 0.377 e. The highest BCUT2D eigenvalue weighted by Crippen LogP contribution is 2.53. The summed E-state index contributed by atoms with van der Waals surface area (Å²) < 4.78 is 6.17. The van der Waals surface area contributed by atoms with Crippen molar-refractivity contribution in [3.05, 3.63) is 35.4 Å². The van der Waals surface area contributed by atoms with Crippen molar-refractivity contribution in [2.75, 3.05) is 20.2 Å². The molecule has 2 aliphatic carbocycles. The maximum Gasteiger partial charge on any atom is 0.243 e. The molecule has 5 atom stereocenters. The molecule has 186 valence electrons. The van der Waals surface area contributed by atoms with E-state index in [4.69, 9.17) is 4.74 Å². The zero-order valence-corrected chi connectivity index (χ0v) is 20.1. The molecule has 8 nitrogen and oxygen atoms in total. The summed E-state index contributed by atoms with van der Waals surface area (Å²) in [5, 5.41) is 19.6. The predicted octanol–water partition coefficient (Wildman–Crippen LogP) is 1.58. The molecule has 2 aliphatic heterocycles. The molecule has 2 amide bonds. The van der Waals surface area contributed by atoms with Gasteiger partial charge in [0.2, 0.25) is 11.8 Å². The number of carbonyl (C=O) groups is 2. The van der Waals surface area contributed by atoms with Gasteiger partial charge in [0.1, 0.15) is 18.5 Å². The summed E-state index contributed by atoms with van der Waals surface area (Å²) in [5.74, 6) is -0.190. The minimum absolute atomic E-state index is 0.0238. The van der Waals surface area contributed by atoms with Gasteiger partial charge in [-0.2, -0.15) is 0 Å². The van der Waals surface area contributed by atoms with Gasteiger partial charge in [-0.15, -0.1) is 0 Å². The zero-order valence-electron chi connectivity index (χ0n) is 20.1. The van der Waals surface area contributed by atoms with Crippen LogP contribution in [0.25, 0.3) is 0 Å². The van der Waals surface area contributed by atoms with E-state index >= 15 is 0 Å². The molecule has 0 radical (unpaired) electrons. The smallest absolute Gasteiger partial charge is 0.243 e. The maximum absolute atomic E-state index is 14.0. The quantitative estimate of drug-likeness (QED) is 0.471. The fourth-order valence-corrected chi connectivity index (χ4v) is 6.81. The van der Waals surface area contributed by atoms with Crippen LogP contribution in [0.5, 0.6) is 0 Å². The molecule has 1 saturated carbocycles. The van der Waals surface area contributed by atoms with E-state index in [-0.39, 0.29) is 29.5 Å². The number of benzene rings is 1. The second-order valence-corrected chi connectivity index (χ2v) is 10.5. The van der Waals surface area contributed by atoms with Gasteiger partial charge in [-0.25, -0.2) is 0 Å². The molecule has 1 aromatic carbocycles. The molecule has 1 aromatic rings. The van der Waals surface area contributed by atoms with Gasteiger partial charge in [0.25, 0.3) is 0 Å². The van der Waals surface area contributed by atoms with Gasteiger partial charge in [-0.3, -0.25) is 14.9 Å². The van der Waals surface area contributed by atoms with Gasteiger partial charge in [-0.1, -0.05) is 37.1 Å². The fourth-order valence-electron chi connectivity index (χ4n) is 6.81. The summed E-state index contributed by atoms with van der Waals surface area (Å²) in [6.07, 6.45) is 7.00. The van der Waals surface area contributed by atoms with Crippen LogP contribution in [-0.2, 0) is 20.7 Å². The third-order valence-corrected chi connectivity index (χ3v) is 8.34. The predicted molar refractivity (Wildman–Crippen MR) is 128 cm³/mol. The number of nitrogens with zero attached hydrogens (tertiary/aromatic N) is 1. The van der Waals surface area contributed by atoms with Crippen molar-refractivity contribution in [2.24, 2.45) is 5.41 Å². The Bertz CT molecular complexity index is 903. The average Bonchev–Trinajstić information content (AvgIpc) is 3.39. The molecular weight excluding hydrogens is 432 g/mol. The van der Waals surface area contributed by atoms with Crippen LogP contribution < -0.4 is 16.0 Å². The number of ether oxygens (including phenoxy) is 1. The molecule has 1 spiro atoms. The van der Waals surface area contributed by atoms with E-state index < -0.39 is 18.3 Å². The van der Waals surface area contributed by atoms with E-state index in [1.807, 2.05) is 6.07 Å². The third-order valence-electron chi connectivity index (χ3n) is 8.34. The van der Waals surface area contributed by atoms with E-state index in [1.54, 1.807) is 11.9 Å². The molecule has 2 unspecified atom stereocenters. The van der Waals surface area contributed by atoms with Crippen molar-refractivity contribution in [2.45, 2.75) is 88.4 Å². The zero-order chi connectivity index (χ0) is 23.7. The summed E-state index contributed by atoms with van der Waals surface area (Å²) in [7, 11) is 1.76. The molecule has 2 heterocycles. The van der Waals surface area contributed by atoms with Crippen LogP contribution in [0.2, 0.25) is 0 Å². The second-order valence-electron chi connectivity index (χ2n) is 10.5. The number of fused-ring (bicyclic) bond motifs is 2. The van der Waals surface area contributed by atoms with Crippen LogP contribution in [0.3, 0.4) is 0 Å². The Morgan fingerprint density at radius 3 is 2.79 bits per heavy atom. The summed E-state index contributed by atoms with van der Waals surface area (Å²) >= 11 is 0. The Balaban J connectivity index is 1.41. The molecule has 0 bridgehead atoms. The van der Waals surface area contributed by atoms with Crippen LogP contribution in [0.4, 0.5) is 0 Å². The monoisotopic (exact) mass is 470 g/mol. The maximum atomic E-state index is 14.0. The van der Waals surface area contributed by atoms with Crippen LogP contribution in [0.1, 0.15) is 68.5 Å². The third kappa shape index (κ3) is 4.37. The Kier molecular flexibility index (Phi) is 6.93. The molecule has 8 heteroatoms. The molecule has 4 N–H and O–H groups in total. The molecular formula is C26H38N4O4. The molecule has 3 fully saturated rings. The number of rotatable bonds is 6. The highest BCUT2D eigenvalue weighted by Gasteiger charge is 2.59. The number of amides is 2. The Morgan fingerprint density at radius 1 is 1.21 bits per heavy atom. The van der Waals surface area contributed by atoms with Crippen molar-refractivity contribution < 1.29 is 19.4 Å². The summed E-state index contributed by atoms with van der Waals surface area (Å²) in [4.78, 5) is 29.5. The molecule has 5 rings (SSSR count). The van der Waals surface area contributed by atoms with Crippen LogP contribution in [0, 0.1) is 5.41 Å². The van der Waals surface area contributed by atoms with Crippen molar-refractivity contribution in [1.29, 1.82) is 0 Å². The van der Waals surface area contributed by atoms with E-state index in [0.29, 0.717) is 26.0 Å². The van der Waals surface area contributed by atoms with Crippen LogP contribution >= 0.6 is 0 Å². The van der Waals surface area contributed by atoms with E-state index in [2.05, 4.69) is 34.1 Å². The summed E-state index contributed by atoms with van der Waals surface area (Å²) in [6.45, 7) is 0.764. The minimum Gasteiger partial charge on any atom is -0.377 e. The number of aryl methyl sites for hydroxylation is 1. The lowest BCUT2D eigenvalue weighted by atomic mass is 9.77. The van der Waals surface area contributed by atoms with Gasteiger partial charge in [0, 0.05) is 18.4 Å². The average molecular weight is 471 g/mol. The number of likely N-dealkylation sites (N-methyl/N-ethyl adjacent to an activating group) is 1. The molecule has 4 aliphatic rings. The summed E-state index contributed by atoms with van der Waals surface area (Å²) in [6, 6.07) is 7.22. The van der Waals surface area contributed by atoms with Crippen molar-refractivity contribution >= 4 is 11.8 Å². The van der Waals surface area contributed by atoms with Gasteiger partial charge < -0.3 is 25.4 Å². The van der Waals surface area contributed by atoms with Crippen molar-refractivity contribution in [1.82, 2.24) is 20.9 Å². The molecule has 0 aromatic heterocycles. The normalized spacial score (nSPS) is 31.1. The Hall–Kier alpha value is -2.00. The van der Waals surface area contributed by atoms with Crippen molar-refractivity contribution in [3.63, 3.8) is 0 Å². The number of hydrogen-bond donors (Lipinski definition) is 4. The minimum atomic E-state index is -0.843. The highest BCUT2D eigenvalue weighted by molar-refractivity contribution is 5.92. The lowest BCUT2D eigenvalue weighted by Gasteiger charge is -2.37. The first-order chi connectivity index (χ1) is 16.5. The first kappa shape index (κ1) is 23.7. The van der Waals surface area contributed by atoms with E-state index in [9.17, 15) is 14.7 Å². The highest BCUT2D eigenvalue weighted by atomic mass is 16.5. The fraction of sp³-hybridized carbons (Fsp3) is 0.692. The van der Waals surface area contributed by atoms with Gasteiger partial charge in [0.15, 0.2) is 0 Å². The second kappa shape index (κ2) is 9.93. The first-order valence-electron chi connectivity index (χ1n) is 12.9. The number of carbonyl (C=O) groups excluding carboxylic acids is 2. The number of aliphatic hydroxyl groups is 1. The Morgan fingerprint density at radius 2 is 2.00 bits per heavy atom. The lowest BCUT2D eigenvalue weighted by Crippen LogP contribution is -2.58. The topological polar surface area (TPSA) is 103 Å².